The summed E-state index contributed by atoms with van der Waals surface area (Å²) in [7, 11) is 0. The number of thioether (sulfide) groups is 1. The first-order valence-corrected chi connectivity index (χ1v) is 7.20. The molecule has 0 nitrogen and oxygen atoms in total. The molecule has 3 aliphatic rings. The summed E-state index contributed by atoms with van der Waals surface area (Å²) in [5, 5.41) is 0. The Kier molecular flexibility index (Phi) is 15.9. The largest absolute Gasteiger partial charge is 2.00 e. The summed E-state index contributed by atoms with van der Waals surface area (Å²) in [6.07, 6.45) is 27.0. The first-order chi connectivity index (χ1) is 9.84. The molecular formula is C19H15BiCl2S. The Morgan fingerprint density at radius 3 is 2.43 bits per heavy atom. The van der Waals surface area contributed by atoms with Crippen molar-refractivity contribution in [3.63, 3.8) is 0 Å². The van der Waals surface area contributed by atoms with E-state index in [1.807, 2.05) is 73.6 Å². The second-order valence-corrected chi connectivity index (χ2v) is 5.22. The summed E-state index contributed by atoms with van der Waals surface area (Å²) < 4.78 is 0. The van der Waals surface area contributed by atoms with Gasteiger partial charge in [-0.1, -0.05) is 28.3 Å². The van der Waals surface area contributed by atoms with Gasteiger partial charge in [0.2, 0.25) is 0 Å². The summed E-state index contributed by atoms with van der Waals surface area (Å²) in [6.45, 7) is 2.06. The Balaban J connectivity index is 0. The van der Waals surface area contributed by atoms with Gasteiger partial charge in [-0.15, -0.1) is 17.9 Å². The Morgan fingerprint density at radius 2 is 1.96 bits per heavy atom. The molecule has 0 N–H and O–H groups in total. The van der Waals surface area contributed by atoms with Crippen LogP contribution in [0.2, 0.25) is 0 Å². The van der Waals surface area contributed by atoms with E-state index in [9.17, 15) is 0 Å². The Morgan fingerprint density at radius 1 is 1.13 bits per heavy atom. The molecule has 0 unspecified atom stereocenters. The van der Waals surface area contributed by atoms with Crippen LogP contribution in [0.25, 0.3) is 0 Å². The number of halogens is 2. The van der Waals surface area contributed by atoms with E-state index in [2.05, 4.69) is 24.5 Å². The molecule has 0 aliphatic heterocycles. The van der Waals surface area contributed by atoms with Crippen molar-refractivity contribution in [1.29, 1.82) is 0 Å². The van der Waals surface area contributed by atoms with Crippen LogP contribution in [0.5, 0.6) is 0 Å². The maximum atomic E-state index is 3.16. The van der Waals surface area contributed by atoms with Gasteiger partial charge in [-0.25, -0.2) is 0 Å². The topological polar surface area (TPSA) is 0 Å². The third-order valence-corrected chi connectivity index (χ3v) is 3.41. The monoisotopic (exact) mass is 554 g/mol. The normalized spacial score (nSPS) is 15.1. The molecule has 0 atom stereocenters. The van der Waals surface area contributed by atoms with Crippen molar-refractivity contribution in [2.45, 2.75) is 6.92 Å². The zero-order valence-electron chi connectivity index (χ0n) is 12.5. The molecule has 0 bridgehead atoms. The quantitative estimate of drug-likeness (QED) is 0.236. The van der Waals surface area contributed by atoms with E-state index in [1.54, 1.807) is 11.8 Å². The first kappa shape index (κ1) is 24.6. The van der Waals surface area contributed by atoms with Gasteiger partial charge >= 0.3 is 26.2 Å². The maximum Gasteiger partial charge on any atom is 2.00 e. The van der Waals surface area contributed by atoms with Crippen molar-refractivity contribution in [3.8, 4) is 0 Å². The molecule has 3 rings (SSSR count). The smallest absolute Gasteiger partial charge is 1.00 e. The molecule has 3 aliphatic carbocycles. The van der Waals surface area contributed by atoms with Crippen molar-refractivity contribution < 1.29 is 24.8 Å². The van der Waals surface area contributed by atoms with Crippen molar-refractivity contribution in [2.24, 2.45) is 0 Å². The molecule has 0 amide bonds. The van der Waals surface area contributed by atoms with Crippen LogP contribution < -0.4 is 24.8 Å². The molecule has 0 saturated heterocycles. The molecule has 0 aromatic heterocycles. The average molecular weight is 555 g/mol. The van der Waals surface area contributed by atoms with Crippen LogP contribution in [-0.4, -0.2) is 26.2 Å². The average Bonchev–Trinajstić information content (AvgIpc) is 2.51. The molecule has 4 heteroatoms. The predicted octanol–water partition coefficient (Wildman–Crippen LogP) is -1.17. The molecule has 0 spiro atoms. The minimum atomic E-state index is 0. The number of hydrogen-bond donors (Lipinski definition) is 0. The van der Waals surface area contributed by atoms with Crippen LogP contribution in [0.1, 0.15) is 6.92 Å². The minimum absolute atomic E-state index is 0. The Hall–Kier alpha value is -0.667. The van der Waals surface area contributed by atoms with E-state index in [4.69, 9.17) is 0 Å². The third kappa shape index (κ3) is 10.7. The van der Waals surface area contributed by atoms with Crippen LogP contribution in [0.4, 0.5) is 0 Å². The molecule has 0 saturated carbocycles. The summed E-state index contributed by atoms with van der Waals surface area (Å²) in [5.74, 6) is 0. The van der Waals surface area contributed by atoms with E-state index >= 15 is 0 Å². The molecule has 0 aromatic carbocycles. The van der Waals surface area contributed by atoms with Crippen LogP contribution >= 0.6 is 11.8 Å². The van der Waals surface area contributed by atoms with Gasteiger partial charge in [0.25, 0.3) is 0 Å². The van der Waals surface area contributed by atoms with E-state index in [0.29, 0.717) is 0 Å². The molecular weight excluding hydrogens is 540 g/mol. The van der Waals surface area contributed by atoms with Gasteiger partial charge < -0.3 is 24.8 Å². The van der Waals surface area contributed by atoms with Crippen molar-refractivity contribution in [3.05, 3.63) is 107 Å². The van der Waals surface area contributed by atoms with Gasteiger partial charge in [0, 0.05) is 12.5 Å². The zero-order chi connectivity index (χ0) is 14.0. The Bertz CT molecular complexity index is 636. The Labute approximate surface area is 175 Å². The van der Waals surface area contributed by atoms with Crippen LogP contribution in [0, 0.1) is 18.9 Å². The van der Waals surface area contributed by atoms with E-state index in [-0.39, 0.29) is 51.0 Å². The second-order valence-electron chi connectivity index (χ2n) is 4.13. The van der Waals surface area contributed by atoms with E-state index in [0.717, 1.165) is 9.81 Å². The third-order valence-electron chi connectivity index (χ3n) is 2.47. The van der Waals surface area contributed by atoms with Gasteiger partial charge in [0.15, 0.2) is 4.91 Å². The summed E-state index contributed by atoms with van der Waals surface area (Å²) in [5.41, 5.74) is 7.38. The fourth-order valence-electron chi connectivity index (χ4n) is 1.47. The minimum Gasteiger partial charge on any atom is -1.00 e. The SMILES string of the molecule is C1=C[CH-]C=CC=1SC1=CC=CC=[C+]1.CC1=CC=C=C[CH]1.[Bi+2].[Cl-].[Cl-]. The molecule has 116 valence electrons. The van der Waals surface area contributed by atoms with E-state index in [1.165, 1.54) is 5.57 Å². The van der Waals surface area contributed by atoms with E-state index < -0.39 is 0 Å². The van der Waals surface area contributed by atoms with Gasteiger partial charge in [0.05, 0.1) is 18.2 Å². The standard InChI is InChI=1S/C12H8S.C7H7.Bi.2ClH/c1-3-7-11(8-4-1)13-12-9-5-2-6-10-12;1-7-5-3-2-4-6-7;;;/h1-7,9H;3-6H,1H3;;2*1H/q;;+2;;/p-2. The zero-order valence-corrected chi connectivity index (χ0v) is 18.3. The van der Waals surface area contributed by atoms with Crippen molar-refractivity contribution in [1.82, 2.24) is 0 Å². The predicted molar refractivity (Wildman–Crippen MR) is 94.1 cm³/mol. The second kappa shape index (κ2) is 14.9. The van der Waals surface area contributed by atoms with Crippen molar-refractivity contribution >= 4 is 38.0 Å². The van der Waals surface area contributed by atoms with Crippen molar-refractivity contribution in [2.75, 3.05) is 0 Å². The van der Waals surface area contributed by atoms with Crippen LogP contribution in [0.3, 0.4) is 0 Å². The van der Waals surface area contributed by atoms with Gasteiger partial charge in [-0.2, -0.15) is 12.5 Å². The van der Waals surface area contributed by atoms with Crippen LogP contribution in [0.15, 0.2) is 87.6 Å². The summed E-state index contributed by atoms with van der Waals surface area (Å²) in [4.78, 5) is 2.26. The number of allylic oxidation sites excluding steroid dienone is 10. The van der Waals surface area contributed by atoms with Gasteiger partial charge in [-0.3, -0.25) is 5.73 Å². The fourth-order valence-corrected chi connectivity index (χ4v) is 2.25. The molecule has 4 radical (unpaired) electrons. The molecule has 23 heavy (non-hydrogen) atoms. The molecule has 0 aromatic rings. The van der Waals surface area contributed by atoms with Crippen LogP contribution in [-0.2, 0) is 0 Å². The summed E-state index contributed by atoms with van der Waals surface area (Å²) in [6, 6.07) is 0. The van der Waals surface area contributed by atoms with Gasteiger partial charge in [0.1, 0.15) is 6.08 Å². The first-order valence-electron chi connectivity index (χ1n) is 6.38. The van der Waals surface area contributed by atoms with Gasteiger partial charge in [-0.05, 0) is 19.1 Å². The fraction of sp³-hybridized carbons (Fsp3) is 0.0526. The molecule has 0 heterocycles. The summed E-state index contributed by atoms with van der Waals surface area (Å²) >= 11 is 1.68. The number of hydrogen-bond acceptors (Lipinski definition) is 1. The maximum absolute atomic E-state index is 3.16. The number of rotatable bonds is 2. The molecule has 0 fully saturated rings.